The summed E-state index contributed by atoms with van der Waals surface area (Å²) in [7, 11) is 0. The zero-order valence-electron chi connectivity index (χ0n) is 32.1. The molecule has 1 aliphatic rings. The minimum atomic E-state index is 0.0581. The van der Waals surface area contributed by atoms with Gasteiger partial charge in [-0.1, -0.05) is 153 Å². The van der Waals surface area contributed by atoms with Crippen LogP contribution in [0.4, 0.5) is 5.69 Å². The second-order valence-corrected chi connectivity index (χ2v) is 15.9. The summed E-state index contributed by atoms with van der Waals surface area (Å²) in [5.74, 6) is 1.35. The Balaban J connectivity index is 0.975. The van der Waals surface area contributed by atoms with Crippen molar-refractivity contribution in [2.45, 2.75) is 25.3 Å². The second-order valence-electron chi connectivity index (χ2n) is 15.9. The third-order valence-electron chi connectivity index (χ3n) is 12.8. The van der Waals surface area contributed by atoms with Gasteiger partial charge >= 0.3 is 0 Å². The van der Waals surface area contributed by atoms with Crippen molar-refractivity contribution in [2.24, 2.45) is 5.92 Å². The van der Waals surface area contributed by atoms with Crippen LogP contribution in [0.25, 0.3) is 87.8 Å². The van der Waals surface area contributed by atoms with Crippen molar-refractivity contribution < 1.29 is 8.83 Å². The van der Waals surface area contributed by atoms with Crippen LogP contribution in [-0.4, -0.2) is 0 Å². The molecule has 1 N–H and O–H groups in total. The molecule has 0 saturated heterocycles. The minimum absolute atomic E-state index is 0.0581. The van der Waals surface area contributed by atoms with Crippen molar-refractivity contribution in [3.8, 4) is 33.4 Å². The first kappa shape index (κ1) is 33.1. The van der Waals surface area contributed by atoms with E-state index in [1.165, 1.54) is 76.8 Å². The van der Waals surface area contributed by atoms with Crippen molar-refractivity contribution >= 4 is 60.1 Å². The molecule has 276 valence electrons. The lowest BCUT2D eigenvalue weighted by molar-refractivity contribution is 0.339. The lowest BCUT2D eigenvalue weighted by Gasteiger charge is -2.39. The molecule has 0 spiro atoms. The first-order chi connectivity index (χ1) is 28.7. The molecule has 2 aromatic heterocycles. The van der Waals surface area contributed by atoms with Crippen molar-refractivity contribution in [2.75, 3.05) is 5.32 Å². The smallest absolute Gasteiger partial charge is 0.136 e. The van der Waals surface area contributed by atoms with E-state index in [1.807, 2.05) is 0 Å². The fourth-order valence-corrected chi connectivity index (χ4v) is 10.1. The van der Waals surface area contributed by atoms with Gasteiger partial charge in [0, 0.05) is 22.1 Å². The molecule has 12 rings (SSSR count). The minimum Gasteiger partial charge on any atom is -0.458 e. The predicted molar refractivity (Wildman–Crippen MR) is 241 cm³/mol. The van der Waals surface area contributed by atoms with Gasteiger partial charge in [0.2, 0.25) is 0 Å². The summed E-state index contributed by atoms with van der Waals surface area (Å²) in [4.78, 5) is 0. The van der Waals surface area contributed by atoms with Gasteiger partial charge in [-0.25, -0.2) is 0 Å². The van der Waals surface area contributed by atoms with Crippen molar-refractivity contribution in [3.63, 3.8) is 0 Å². The first-order valence-corrected chi connectivity index (χ1v) is 20.4. The molecule has 0 amide bonds. The Hall–Kier alpha value is -7.10. The van der Waals surface area contributed by atoms with Crippen LogP contribution in [0.1, 0.15) is 42.2 Å². The highest BCUT2D eigenvalue weighted by atomic mass is 16.3. The fraction of sp³-hybridized carbons (Fsp3) is 0.0909. The average Bonchev–Trinajstić information content (AvgIpc) is 3.87. The van der Waals surface area contributed by atoms with Crippen LogP contribution in [0.15, 0.2) is 191 Å². The van der Waals surface area contributed by atoms with Gasteiger partial charge < -0.3 is 14.2 Å². The van der Waals surface area contributed by atoms with Gasteiger partial charge in [0.05, 0.1) is 11.7 Å². The second kappa shape index (κ2) is 13.0. The highest BCUT2D eigenvalue weighted by Crippen LogP contribution is 2.53. The summed E-state index contributed by atoms with van der Waals surface area (Å²) in [5, 5.41) is 12.6. The van der Waals surface area contributed by atoms with Crippen LogP contribution >= 0.6 is 0 Å². The molecular weight excluding hydrogens is 707 g/mol. The summed E-state index contributed by atoms with van der Waals surface area (Å²) in [6.07, 6.45) is 0.990. The number of fused-ring (bicyclic) bond motifs is 6. The standard InChI is InChI=1S/C55H39NO2/c1-2-41-50(55-54(56-53(41)34-15-7-4-8-16-34)46-32-38(26-28-47(46)58-55)33-13-5-3-6-14-33)40-20-10-19-37(30-40)35-17-9-18-36(29-35)39-25-27-42-43-21-11-23-48-51(43)52-44(45(42)31-39)22-12-24-49(52)57-48/h3-32,41,50,53,56H,2H2,1H3. The molecule has 58 heavy (non-hydrogen) atoms. The van der Waals surface area contributed by atoms with Crippen molar-refractivity contribution in [3.05, 3.63) is 199 Å². The number of furan rings is 2. The lowest BCUT2D eigenvalue weighted by Crippen LogP contribution is -2.31. The largest absolute Gasteiger partial charge is 0.458 e. The summed E-state index contributed by atoms with van der Waals surface area (Å²) >= 11 is 0. The summed E-state index contributed by atoms with van der Waals surface area (Å²) in [6, 6.07) is 66.2. The molecule has 0 bridgehead atoms. The fourth-order valence-electron chi connectivity index (χ4n) is 10.1. The number of hydrogen-bond acceptors (Lipinski definition) is 3. The van der Waals surface area contributed by atoms with E-state index in [9.17, 15) is 0 Å². The molecule has 0 saturated carbocycles. The Labute approximate surface area is 336 Å². The molecule has 9 aromatic carbocycles. The molecule has 3 heterocycles. The van der Waals surface area contributed by atoms with Crippen LogP contribution < -0.4 is 5.32 Å². The predicted octanol–water partition coefficient (Wildman–Crippen LogP) is 15.4. The van der Waals surface area contributed by atoms with Gasteiger partial charge in [-0.3, -0.25) is 0 Å². The molecule has 3 atom stereocenters. The van der Waals surface area contributed by atoms with Gasteiger partial charge in [-0.05, 0) is 115 Å². The first-order valence-electron chi connectivity index (χ1n) is 20.4. The van der Waals surface area contributed by atoms with Gasteiger partial charge in [0.25, 0.3) is 0 Å². The SMILES string of the molecule is CCC1C(c2ccccc2)Nc2c(oc3ccc(-c4ccccc4)cc23)C1c1cccc(-c2cccc(-c3ccc4c(c3)c3cccc5oc6cccc4c6c53)c2)c1. The molecule has 11 aromatic rings. The van der Waals surface area contributed by atoms with E-state index in [0.29, 0.717) is 0 Å². The van der Waals surface area contributed by atoms with Crippen molar-refractivity contribution in [1.82, 2.24) is 0 Å². The molecule has 0 radical (unpaired) electrons. The maximum Gasteiger partial charge on any atom is 0.136 e. The van der Waals surface area contributed by atoms with Gasteiger partial charge in [0.15, 0.2) is 0 Å². The van der Waals surface area contributed by atoms with Gasteiger partial charge in [-0.15, -0.1) is 0 Å². The zero-order chi connectivity index (χ0) is 38.3. The number of benzene rings is 9. The maximum absolute atomic E-state index is 6.92. The molecule has 0 fully saturated rings. The van der Waals surface area contributed by atoms with Crippen LogP contribution in [0.5, 0.6) is 0 Å². The summed E-state index contributed by atoms with van der Waals surface area (Å²) in [6.45, 7) is 2.32. The molecule has 1 aliphatic heterocycles. The van der Waals surface area contributed by atoms with Crippen LogP contribution in [0.2, 0.25) is 0 Å². The number of nitrogens with one attached hydrogen (secondary N) is 1. The highest BCUT2D eigenvalue weighted by Gasteiger charge is 2.41. The molecule has 3 unspecified atom stereocenters. The van der Waals surface area contributed by atoms with E-state index in [4.69, 9.17) is 8.83 Å². The summed E-state index contributed by atoms with van der Waals surface area (Å²) < 4.78 is 13.2. The third-order valence-corrected chi connectivity index (χ3v) is 12.8. The number of hydrogen-bond donors (Lipinski definition) is 1. The maximum atomic E-state index is 6.92. The van der Waals surface area contributed by atoms with Gasteiger partial charge in [0.1, 0.15) is 22.5 Å². The third kappa shape index (κ3) is 5.06. The van der Waals surface area contributed by atoms with E-state index >= 15 is 0 Å². The highest BCUT2D eigenvalue weighted by molar-refractivity contribution is 6.33. The Morgan fingerprint density at radius 3 is 1.72 bits per heavy atom. The number of anilines is 1. The van der Waals surface area contributed by atoms with E-state index in [2.05, 4.69) is 194 Å². The van der Waals surface area contributed by atoms with Crippen LogP contribution in [0, 0.1) is 5.92 Å². The zero-order valence-corrected chi connectivity index (χ0v) is 32.1. The normalized spacial score (nSPS) is 16.7. The molecule has 3 nitrogen and oxygen atoms in total. The van der Waals surface area contributed by atoms with Crippen LogP contribution in [0.3, 0.4) is 0 Å². The lowest BCUT2D eigenvalue weighted by atomic mass is 9.73. The van der Waals surface area contributed by atoms with E-state index in [-0.39, 0.29) is 17.9 Å². The van der Waals surface area contributed by atoms with E-state index in [0.717, 1.165) is 40.0 Å². The molecule has 3 heteroatoms. The Bertz CT molecular complexity index is 3320. The van der Waals surface area contributed by atoms with Crippen LogP contribution in [-0.2, 0) is 0 Å². The monoisotopic (exact) mass is 745 g/mol. The molecular formula is C55H39NO2. The summed E-state index contributed by atoms with van der Waals surface area (Å²) in [5.41, 5.74) is 13.6. The average molecular weight is 746 g/mol. The number of rotatable bonds is 6. The Kier molecular flexibility index (Phi) is 7.40. The van der Waals surface area contributed by atoms with E-state index in [1.54, 1.807) is 0 Å². The van der Waals surface area contributed by atoms with Gasteiger partial charge in [-0.2, -0.15) is 0 Å². The Morgan fingerprint density at radius 2 is 0.983 bits per heavy atom. The molecule has 0 aliphatic carbocycles. The topological polar surface area (TPSA) is 38.3 Å². The van der Waals surface area contributed by atoms with Crippen molar-refractivity contribution in [1.29, 1.82) is 0 Å². The van der Waals surface area contributed by atoms with E-state index < -0.39 is 0 Å². The quantitative estimate of drug-likeness (QED) is 0.172. The Morgan fingerprint density at radius 1 is 0.414 bits per heavy atom.